The van der Waals surface area contributed by atoms with Crippen LogP contribution in [0.3, 0.4) is 0 Å². The molecule has 0 unspecified atom stereocenters. The molecule has 3 amide bonds. The predicted molar refractivity (Wildman–Crippen MR) is 157 cm³/mol. The minimum absolute atomic E-state index is 0.105. The Hall–Kier alpha value is -3.46. The summed E-state index contributed by atoms with van der Waals surface area (Å²) in [5.74, 6) is 0.0906. The number of ether oxygens (including phenoxy) is 2. The molecule has 1 aliphatic heterocycles. The molecule has 0 atom stereocenters. The van der Waals surface area contributed by atoms with E-state index in [1.807, 2.05) is 6.07 Å². The van der Waals surface area contributed by atoms with Gasteiger partial charge >= 0.3 is 6.03 Å². The van der Waals surface area contributed by atoms with Gasteiger partial charge in [-0.15, -0.1) is 0 Å². The van der Waals surface area contributed by atoms with Gasteiger partial charge in [-0.25, -0.2) is 10.2 Å². The summed E-state index contributed by atoms with van der Waals surface area (Å²) in [6.45, 7) is 0.105. The molecule has 0 aliphatic carbocycles. The fraction of sp³-hybridized carbons (Fsp3) is 0.0769. The van der Waals surface area contributed by atoms with Gasteiger partial charge in [-0.3, -0.25) is 4.79 Å². The Morgan fingerprint density at radius 3 is 2.62 bits per heavy atom. The van der Waals surface area contributed by atoms with Crippen molar-refractivity contribution in [1.82, 2.24) is 10.4 Å². The summed E-state index contributed by atoms with van der Waals surface area (Å²) >= 11 is 24.6. The topological polar surface area (TPSA) is 104 Å². The highest BCUT2D eigenvalue weighted by Gasteiger charge is 2.34. The molecule has 1 fully saturated rings. The average Bonchev–Trinajstić information content (AvgIpc) is 3.17. The van der Waals surface area contributed by atoms with Crippen LogP contribution < -0.4 is 20.2 Å². The zero-order chi connectivity index (χ0) is 28.1. The van der Waals surface area contributed by atoms with E-state index >= 15 is 0 Å². The van der Waals surface area contributed by atoms with Gasteiger partial charge in [0.1, 0.15) is 6.61 Å². The Morgan fingerprint density at radius 2 is 1.90 bits per heavy atom. The van der Waals surface area contributed by atoms with Crippen molar-refractivity contribution >= 4 is 86.8 Å². The van der Waals surface area contributed by atoms with Gasteiger partial charge in [0, 0.05) is 11.3 Å². The Bertz CT molecular complexity index is 1560. The van der Waals surface area contributed by atoms with E-state index in [1.54, 1.807) is 42.5 Å². The molecule has 2 N–H and O–H groups in total. The first-order valence-corrected chi connectivity index (χ1v) is 13.3. The highest BCUT2D eigenvalue weighted by atomic mass is 35.5. The molecule has 39 heavy (non-hydrogen) atoms. The van der Waals surface area contributed by atoms with Crippen LogP contribution in [0.5, 0.6) is 11.5 Å². The minimum atomic E-state index is -0.699. The fourth-order valence-electron chi connectivity index (χ4n) is 3.42. The van der Waals surface area contributed by atoms with Crippen LogP contribution in [0.15, 0.2) is 59.5 Å². The molecule has 0 spiro atoms. The number of carbonyl (C=O) groups excluding carboxylic acids is 2. The maximum atomic E-state index is 13.0. The van der Waals surface area contributed by atoms with Gasteiger partial charge in [-0.05, 0) is 60.3 Å². The predicted octanol–water partition coefficient (Wildman–Crippen LogP) is 7.04. The lowest BCUT2D eigenvalue weighted by molar-refractivity contribution is -0.123. The molecule has 0 aromatic heterocycles. The molecular weight excluding hydrogens is 603 g/mol. The van der Waals surface area contributed by atoms with Crippen LogP contribution in [-0.4, -0.2) is 28.4 Å². The van der Waals surface area contributed by atoms with Crippen LogP contribution in [0.25, 0.3) is 6.08 Å². The number of halogens is 3. The molecule has 8 nitrogen and oxygen atoms in total. The number of urea groups is 1. The number of benzene rings is 3. The lowest BCUT2D eigenvalue weighted by atomic mass is 10.1. The maximum absolute atomic E-state index is 13.0. The largest absolute Gasteiger partial charge is 0.493 e. The summed E-state index contributed by atoms with van der Waals surface area (Å²) in [6.07, 6.45) is 1.57. The van der Waals surface area contributed by atoms with Crippen LogP contribution in [0, 0.1) is 11.3 Å². The number of anilines is 1. The zero-order valence-electron chi connectivity index (χ0n) is 20.0. The molecule has 0 radical (unpaired) electrons. The first-order chi connectivity index (χ1) is 18.7. The van der Waals surface area contributed by atoms with Gasteiger partial charge < -0.3 is 14.8 Å². The second kappa shape index (κ2) is 12.6. The van der Waals surface area contributed by atoms with Crippen molar-refractivity contribution in [3.05, 3.63) is 91.3 Å². The summed E-state index contributed by atoms with van der Waals surface area (Å²) in [5, 5.41) is 13.7. The molecule has 3 aromatic rings. The minimum Gasteiger partial charge on any atom is -0.493 e. The van der Waals surface area contributed by atoms with E-state index < -0.39 is 11.9 Å². The Morgan fingerprint density at radius 1 is 1.13 bits per heavy atom. The number of rotatable bonds is 7. The Labute approximate surface area is 248 Å². The van der Waals surface area contributed by atoms with E-state index in [2.05, 4.69) is 16.8 Å². The van der Waals surface area contributed by atoms with E-state index in [9.17, 15) is 14.9 Å². The number of hydrogen-bond donors (Lipinski definition) is 2. The monoisotopic (exact) mass is 618 g/mol. The Kier molecular flexibility index (Phi) is 9.22. The van der Waals surface area contributed by atoms with Gasteiger partial charge in [0.25, 0.3) is 5.91 Å². The fourth-order valence-corrected chi connectivity index (χ4v) is 5.17. The van der Waals surface area contributed by atoms with E-state index in [-0.39, 0.29) is 31.6 Å². The van der Waals surface area contributed by atoms with Crippen LogP contribution in [-0.2, 0) is 11.4 Å². The van der Waals surface area contributed by atoms with E-state index in [4.69, 9.17) is 56.5 Å². The highest BCUT2D eigenvalue weighted by molar-refractivity contribution is 8.26. The zero-order valence-corrected chi connectivity index (χ0v) is 23.9. The summed E-state index contributed by atoms with van der Waals surface area (Å²) < 4.78 is 11.5. The number of nitrogens with zero attached hydrogens (tertiary/aromatic N) is 2. The summed E-state index contributed by atoms with van der Waals surface area (Å²) in [4.78, 5) is 25.7. The van der Waals surface area contributed by atoms with Crippen LogP contribution >= 0.6 is 58.8 Å². The number of thiocarbonyl (C=S) groups is 1. The summed E-state index contributed by atoms with van der Waals surface area (Å²) in [7, 11) is 1.46. The normalized spacial score (nSPS) is 13.8. The molecule has 3 aromatic carbocycles. The second-order valence-corrected chi connectivity index (χ2v) is 10.7. The third-order valence-corrected chi connectivity index (χ3v) is 7.57. The van der Waals surface area contributed by atoms with Gasteiger partial charge in [-0.2, -0.15) is 10.3 Å². The summed E-state index contributed by atoms with van der Waals surface area (Å²) in [5.41, 5.74) is 4.53. The molecular formula is C26H17Cl3N4O4S2. The first kappa shape index (κ1) is 28.5. The van der Waals surface area contributed by atoms with Crippen molar-refractivity contribution in [3.63, 3.8) is 0 Å². The van der Waals surface area contributed by atoms with Gasteiger partial charge in [0.05, 0.1) is 38.7 Å². The molecule has 1 saturated heterocycles. The lowest BCUT2D eigenvalue weighted by Crippen LogP contribution is -2.46. The van der Waals surface area contributed by atoms with E-state index in [1.165, 1.54) is 19.2 Å². The second-order valence-electron chi connectivity index (χ2n) is 7.80. The number of thioether (sulfide) groups is 1. The molecule has 1 aliphatic rings. The molecule has 4 rings (SSSR count). The quantitative estimate of drug-likeness (QED) is 0.216. The number of amides is 3. The molecule has 0 bridgehead atoms. The van der Waals surface area contributed by atoms with Crippen molar-refractivity contribution < 1.29 is 19.1 Å². The molecule has 1 heterocycles. The molecule has 198 valence electrons. The average molecular weight is 620 g/mol. The smallest absolute Gasteiger partial charge is 0.338 e. The number of hydrazine groups is 1. The van der Waals surface area contributed by atoms with Crippen molar-refractivity contribution in [1.29, 1.82) is 5.26 Å². The van der Waals surface area contributed by atoms with Crippen LogP contribution in [0.2, 0.25) is 15.1 Å². The highest BCUT2D eigenvalue weighted by Crippen LogP contribution is 2.39. The number of carbonyl (C=O) groups is 2. The van der Waals surface area contributed by atoms with Crippen LogP contribution in [0.1, 0.15) is 16.7 Å². The Balaban J connectivity index is 1.48. The van der Waals surface area contributed by atoms with Crippen molar-refractivity contribution in [3.8, 4) is 17.6 Å². The third kappa shape index (κ3) is 6.76. The number of hydrogen-bond acceptors (Lipinski definition) is 7. The van der Waals surface area contributed by atoms with Crippen LogP contribution in [0.4, 0.5) is 10.5 Å². The summed E-state index contributed by atoms with van der Waals surface area (Å²) in [6, 6.07) is 16.3. The standard InChI is InChI=1S/C26H17Cl3N4O4S2/c1-36-21-9-14(8-20(29)23(21)37-13-16-5-3-2-4-15(16)12-30)10-22-24(34)33(26(38)39-22)32-25(35)31-17-6-7-18(27)19(28)11-17/h2-11H,13H2,1H3,(H2,31,32,35)/b22-10-. The van der Waals surface area contributed by atoms with E-state index in [0.29, 0.717) is 33.1 Å². The molecule has 13 heteroatoms. The van der Waals surface area contributed by atoms with Gasteiger partial charge in [0.2, 0.25) is 0 Å². The van der Waals surface area contributed by atoms with Crippen molar-refractivity contribution in [2.24, 2.45) is 0 Å². The first-order valence-electron chi connectivity index (χ1n) is 11.0. The van der Waals surface area contributed by atoms with Gasteiger partial charge in [0.15, 0.2) is 15.8 Å². The van der Waals surface area contributed by atoms with Crippen molar-refractivity contribution in [2.75, 3.05) is 12.4 Å². The molecule has 0 saturated carbocycles. The maximum Gasteiger partial charge on any atom is 0.338 e. The number of nitrogens with one attached hydrogen (secondary N) is 2. The lowest BCUT2D eigenvalue weighted by Gasteiger charge is -2.16. The number of methoxy groups -OCH3 is 1. The SMILES string of the molecule is COc1cc(/C=C2\SC(=S)N(NC(=O)Nc3ccc(Cl)c(Cl)c3)C2=O)cc(Cl)c1OCc1ccccc1C#N. The van der Waals surface area contributed by atoms with Crippen molar-refractivity contribution in [2.45, 2.75) is 6.61 Å². The van der Waals surface area contributed by atoms with Gasteiger partial charge in [-0.1, -0.05) is 64.8 Å². The number of nitriles is 1. The third-order valence-electron chi connectivity index (χ3n) is 5.24. The van der Waals surface area contributed by atoms with E-state index in [0.717, 1.165) is 16.8 Å².